The fourth-order valence-corrected chi connectivity index (χ4v) is 1.65. The Morgan fingerprint density at radius 2 is 2.12 bits per heavy atom. The third-order valence-electron chi connectivity index (χ3n) is 2.67. The van der Waals surface area contributed by atoms with Crippen molar-refractivity contribution in [3.8, 4) is 0 Å². The lowest BCUT2D eigenvalue weighted by Crippen LogP contribution is -2.31. The minimum absolute atomic E-state index is 0.177. The molecule has 0 aromatic heterocycles. The van der Waals surface area contributed by atoms with Crippen LogP contribution in [0.2, 0.25) is 0 Å². The van der Waals surface area contributed by atoms with Crippen LogP contribution in [-0.2, 0) is 14.3 Å². The van der Waals surface area contributed by atoms with E-state index in [1.807, 2.05) is 6.92 Å². The second kappa shape index (κ2) is 6.67. The molecule has 1 aliphatic rings. The number of likely N-dealkylation sites (tertiary alicyclic amines) is 1. The molecule has 2 atom stereocenters. The zero-order valence-corrected chi connectivity index (χ0v) is 9.85. The maximum atomic E-state index is 11.6. The zero-order chi connectivity index (χ0) is 12.0. The summed E-state index contributed by atoms with van der Waals surface area (Å²) in [6, 6.07) is 0. The third-order valence-corrected chi connectivity index (χ3v) is 2.67. The molecule has 1 heterocycles. The van der Waals surface area contributed by atoms with Crippen molar-refractivity contribution in [1.29, 1.82) is 0 Å². The fourth-order valence-electron chi connectivity index (χ4n) is 1.65. The summed E-state index contributed by atoms with van der Waals surface area (Å²) in [4.78, 5) is 17.9. The second-order valence-corrected chi connectivity index (χ2v) is 3.82. The molecule has 0 saturated carbocycles. The number of rotatable bonds is 5. The molecular weight excluding hydrogens is 212 g/mol. The number of carbonyl (C=O) groups excluding carboxylic acids is 1. The maximum absolute atomic E-state index is 11.6. The molecule has 0 radical (unpaired) electrons. The summed E-state index contributed by atoms with van der Waals surface area (Å²) in [7, 11) is 1.57. The van der Waals surface area contributed by atoms with Crippen LogP contribution < -0.4 is 5.90 Å². The number of nitrogens with two attached hydrogens (primary N) is 1. The first-order valence-electron chi connectivity index (χ1n) is 5.53. The van der Waals surface area contributed by atoms with Crippen LogP contribution in [0.3, 0.4) is 0 Å². The maximum Gasteiger partial charge on any atom is 0.409 e. The van der Waals surface area contributed by atoms with Crippen molar-refractivity contribution >= 4 is 6.09 Å². The molecule has 6 nitrogen and oxygen atoms in total. The molecule has 0 bridgehead atoms. The van der Waals surface area contributed by atoms with E-state index in [0.29, 0.717) is 19.7 Å². The highest BCUT2D eigenvalue weighted by atomic mass is 16.6. The predicted octanol–water partition coefficient (Wildman–Crippen LogP) is 0.513. The lowest BCUT2D eigenvalue weighted by molar-refractivity contribution is -0.0292. The topological polar surface area (TPSA) is 74.0 Å². The van der Waals surface area contributed by atoms with Gasteiger partial charge in [-0.3, -0.25) is 4.84 Å². The van der Waals surface area contributed by atoms with Crippen molar-refractivity contribution in [3.63, 3.8) is 0 Å². The van der Waals surface area contributed by atoms with Gasteiger partial charge in [-0.25, -0.2) is 10.7 Å². The van der Waals surface area contributed by atoms with Crippen LogP contribution in [0.15, 0.2) is 0 Å². The third kappa shape index (κ3) is 3.33. The van der Waals surface area contributed by atoms with E-state index in [4.69, 9.17) is 20.2 Å². The standard InChI is InChI=1S/C10H20N2O4/c1-3-4-5-15-10(13)12-6-8(14-2)9(7-12)16-11/h8-9H,3-7,11H2,1-2H3. The molecule has 16 heavy (non-hydrogen) atoms. The summed E-state index contributed by atoms with van der Waals surface area (Å²) in [5, 5.41) is 0. The average Bonchev–Trinajstić information content (AvgIpc) is 2.72. The summed E-state index contributed by atoms with van der Waals surface area (Å²) < 4.78 is 10.3. The van der Waals surface area contributed by atoms with E-state index in [1.165, 1.54) is 0 Å². The molecule has 0 aromatic carbocycles. The van der Waals surface area contributed by atoms with Crippen molar-refractivity contribution in [2.45, 2.75) is 32.0 Å². The van der Waals surface area contributed by atoms with Gasteiger partial charge < -0.3 is 14.4 Å². The lowest BCUT2D eigenvalue weighted by Gasteiger charge is -2.15. The molecule has 0 aliphatic carbocycles. The minimum Gasteiger partial charge on any atom is -0.449 e. The zero-order valence-electron chi connectivity index (χ0n) is 9.85. The van der Waals surface area contributed by atoms with Gasteiger partial charge in [0, 0.05) is 7.11 Å². The highest BCUT2D eigenvalue weighted by Gasteiger charge is 2.36. The Labute approximate surface area is 95.6 Å². The van der Waals surface area contributed by atoms with Gasteiger partial charge in [0.05, 0.1) is 19.7 Å². The molecule has 0 spiro atoms. The minimum atomic E-state index is -0.324. The Bertz CT molecular complexity index is 213. The normalized spacial score (nSPS) is 24.8. The van der Waals surface area contributed by atoms with E-state index < -0.39 is 0 Å². The highest BCUT2D eigenvalue weighted by molar-refractivity contribution is 5.68. The van der Waals surface area contributed by atoms with E-state index in [0.717, 1.165) is 12.8 Å². The van der Waals surface area contributed by atoms with Gasteiger partial charge in [-0.05, 0) is 6.42 Å². The summed E-state index contributed by atoms with van der Waals surface area (Å²) in [6.07, 6.45) is 1.11. The van der Waals surface area contributed by atoms with Crippen molar-refractivity contribution < 1.29 is 19.1 Å². The van der Waals surface area contributed by atoms with Gasteiger partial charge in [0.15, 0.2) is 0 Å². The Morgan fingerprint density at radius 3 is 2.62 bits per heavy atom. The van der Waals surface area contributed by atoms with Gasteiger partial charge in [0.25, 0.3) is 0 Å². The summed E-state index contributed by atoms with van der Waals surface area (Å²) in [5.74, 6) is 5.13. The molecule has 6 heteroatoms. The van der Waals surface area contributed by atoms with Gasteiger partial charge in [0.1, 0.15) is 12.2 Å². The molecule has 2 N–H and O–H groups in total. The molecule has 1 fully saturated rings. The molecule has 1 saturated heterocycles. The van der Waals surface area contributed by atoms with Crippen LogP contribution in [0.1, 0.15) is 19.8 Å². The molecule has 1 amide bonds. The Morgan fingerprint density at radius 1 is 1.44 bits per heavy atom. The van der Waals surface area contributed by atoms with Crippen LogP contribution in [0, 0.1) is 0 Å². The lowest BCUT2D eigenvalue weighted by atomic mass is 10.3. The Kier molecular flexibility index (Phi) is 5.51. The van der Waals surface area contributed by atoms with Gasteiger partial charge in [-0.1, -0.05) is 13.3 Å². The number of hydrogen-bond acceptors (Lipinski definition) is 5. The van der Waals surface area contributed by atoms with Crippen LogP contribution in [0.5, 0.6) is 0 Å². The van der Waals surface area contributed by atoms with Crippen LogP contribution in [-0.4, -0.2) is 50.0 Å². The number of methoxy groups -OCH3 is 1. The smallest absolute Gasteiger partial charge is 0.409 e. The van der Waals surface area contributed by atoms with Crippen molar-refractivity contribution in [2.24, 2.45) is 5.90 Å². The second-order valence-electron chi connectivity index (χ2n) is 3.82. The number of carbonyl (C=O) groups is 1. The van der Waals surface area contributed by atoms with Crippen LogP contribution >= 0.6 is 0 Å². The van der Waals surface area contributed by atoms with Gasteiger partial charge in [-0.2, -0.15) is 0 Å². The average molecular weight is 232 g/mol. The van der Waals surface area contributed by atoms with E-state index >= 15 is 0 Å². The quantitative estimate of drug-likeness (QED) is 0.552. The number of hydrogen-bond donors (Lipinski definition) is 1. The first-order chi connectivity index (χ1) is 7.72. The van der Waals surface area contributed by atoms with Crippen molar-refractivity contribution in [2.75, 3.05) is 26.8 Å². The van der Waals surface area contributed by atoms with E-state index in [2.05, 4.69) is 0 Å². The highest BCUT2D eigenvalue weighted by Crippen LogP contribution is 2.15. The van der Waals surface area contributed by atoms with E-state index in [-0.39, 0.29) is 18.3 Å². The SMILES string of the molecule is CCCCOC(=O)N1CC(OC)C(ON)C1. The molecule has 94 valence electrons. The van der Waals surface area contributed by atoms with E-state index in [1.54, 1.807) is 12.0 Å². The Hall–Kier alpha value is -0.850. The number of nitrogens with zero attached hydrogens (tertiary/aromatic N) is 1. The number of amides is 1. The van der Waals surface area contributed by atoms with Crippen molar-refractivity contribution in [3.05, 3.63) is 0 Å². The molecule has 2 unspecified atom stereocenters. The van der Waals surface area contributed by atoms with Crippen LogP contribution in [0.4, 0.5) is 4.79 Å². The monoisotopic (exact) mass is 232 g/mol. The largest absolute Gasteiger partial charge is 0.449 e. The number of ether oxygens (including phenoxy) is 2. The first kappa shape index (κ1) is 13.2. The molecule has 1 aliphatic heterocycles. The predicted molar refractivity (Wildman–Crippen MR) is 57.7 cm³/mol. The summed E-state index contributed by atoms with van der Waals surface area (Å²) >= 11 is 0. The molecule has 0 aromatic rings. The Balaban J connectivity index is 2.35. The molecule has 1 rings (SSSR count). The van der Waals surface area contributed by atoms with Crippen molar-refractivity contribution in [1.82, 2.24) is 4.90 Å². The summed E-state index contributed by atoms with van der Waals surface area (Å²) in [6.45, 7) is 3.38. The fraction of sp³-hybridized carbons (Fsp3) is 0.900. The first-order valence-corrected chi connectivity index (χ1v) is 5.53. The van der Waals surface area contributed by atoms with Gasteiger partial charge in [0.2, 0.25) is 0 Å². The number of unbranched alkanes of at least 4 members (excludes halogenated alkanes) is 1. The van der Waals surface area contributed by atoms with Crippen LogP contribution in [0.25, 0.3) is 0 Å². The molecular formula is C10H20N2O4. The van der Waals surface area contributed by atoms with Gasteiger partial charge in [-0.15, -0.1) is 0 Å². The summed E-state index contributed by atoms with van der Waals surface area (Å²) in [5.41, 5.74) is 0. The van der Waals surface area contributed by atoms with Gasteiger partial charge >= 0.3 is 6.09 Å². The van der Waals surface area contributed by atoms with E-state index in [9.17, 15) is 4.79 Å².